The number of Topliss-reactive ketones (excluding diaryl/α,β-unsaturated/α-hetero) is 1. The van der Waals surface area contributed by atoms with E-state index in [4.69, 9.17) is 0 Å². The minimum atomic E-state index is -0.0239. The Bertz CT molecular complexity index is 655. The maximum Gasteiger partial charge on any atom is 0.317 e. The summed E-state index contributed by atoms with van der Waals surface area (Å²) in [4.78, 5) is 28.1. The molecule has 0 aliphatic carbocycles. The summed E-state index contributed by atoms with van der Waals surface area (Å²) in [7, 11) is 1.87. The summed E-state index contributed by atoms with van der Waals surface area (Å²) in [6.07, 6.45) is 1.44. The van der Waals surface area contributed by atoms with Gasteiger partial charge in [0.05, 0.1) is 5.54 Å². The van der Waals surface area contributed by atoms with E-state index in [2.05, 4.69) is 43.1 Å². The summed E-state index contributed by atoms with van der Waals surface area (Å²) in [5, 5.41) is 2.90. The minimum Gasteiger partial charge on any atom is -0.336 e. The molecule has 0 aromatic heterocycles. The lowest BCUT2D eigenvalue weighted by Crippen LogP contribution is -2.68. The lowest BCUT2D eigenvalue weighted by molar-refractivity contribution is 0.00395. The van der Waals surface area contributed by atoms with Crippen LogP contribution in [0.5, 0.6) is 0 Å². The summed E-state index contributed by atoms with van der Waals surface area (Å²) in [6.45, 7) is 9.97. The Kier molecular flexibility index (Phi) is 4.62. The fourth-order valence-electron chi connectivity index (χ4n) is 3.72. The fourth-order valence-corrected chi connectivity index (χ4v) is 3.72. The van der Waals surface area contributed by atoms with E-state index in [0.717, 1.165) is 38.2 Å². The molecule has 1 aromatic rings. The molecule has 3 rings (SSSR count). The molecule has 1 spiro atoms. The Balaban J connectivity index is 1.43. The Morgan fingerprint density at radius 3 is 2.36 bits per heavy atom. The van der Waals surface area contributed by atoms with E-state index in [1.165, 1.54) is 5.56 Å². The van der Waals surface area contributed by atoms with E-state index < -0.39 is 0 Å². The van der Waals surface area contributed by atoms with Crippen LogP contribution >= 0.6 is 0 Å². The molecule has 0 bridgehead atoms. The van der Waals surface area contributed by atoms with Gasteiger partial charge in [0.1, 0.15) is 0 Å². The number of benzene rings is 1. The zero-order valence-electron chi connectivity index (χ0n) is 15.8. The molecule has 2 heterocycles. The van der Waals surface area contributed by atoms with E-state index in [-0.39, 0.29) is 22.8 Å². The van der Waals surface area contributed by atoms with Crippen LogP contribution in [0.25, 0.3) is 0 Å². The molecule has 2 saturated heterocycles. The second kappa shape index (κ2) is 6.45. The first-order valence-electron chi connectivity index (χ1n) is 9.09. The fraction of sp³-hybridized carbons (Fsp3) is 0.600. The number of likely N-dealkylation sites (N-methyl/N-ethyl adjacent to an activating group) is 1. The van der Waals surface area contributed by atoms with Crippen molar-refractivity contribution in [2.24, 2.45) is 0 Å². The lowest BCUT2D eigenvalue weighted by atomic mass is 9.86. The molecule has 2 aliphatic heterocycles. The number of hydrogen-bond acceptors (Lipinski definition) is 3. The van der Waals surface area contributed by atoms with Gasteiger partial charge in [-0.25, -0.2) is 4.79 Å². The van der Waals surface area contributed by atoms with E-state index in [1.807, 2.05) is 24.1 Å². The van der Waals surface area contributed by atoms with Crippen molar-refractivity contribution in [3.63, 3.8) is 0 Å². The number of nitrogens with one attached hydrogen (secondary N) is 1. The van der Waals surface area contributed by atoms with Gasteiger partial charge >= 0.3 is 6.03 Å². The molecule has 5 heteroatoms. The van der Waals surface area contributed by atoms with Gasteiger partial charge in [0, 0.05) is 38.7 Å². The Morgan fingerprint density at radius 2 is 1.84 bits per heavy atom. The summed E-state index contributed by atoms with van der Waals surface area (Å²) >= 11 is 0. The van der Waals surface area contributed by atoms with Gasteiger partial charge in [0.25, 0.3) is 0 Å². The number of carbonyl (C=O) groups is 2. The highest BCUT2D eigenvalue weighted by Gasteiger charge is 2.51. The maximum absolute atomic E-state index is 12.4. The third-order valence-electron chi connectivity index (χ3n) is 5.57. The Labute approximate surface area is 150 Å². The first-order chi connectivity index (χ1) is 11.7. The van der Waals surface area contributed by atoms with Gasteiger partial charge in [-0.3, -0.25) is 9.69 Å². The van der Waals surface area contributed by atoms with Crippen molar-refractivity contribution in [2.45, 2.75) is 44.6 Å². The maximum atomic E-state index is 12.4. The van der Waals surface area contributed by atoms with Crippen LogP contribution in [0.1, 0.15) is 49.5 Å². The number of rotatable bonds is 5. The van der Waals surface area contributed by atoms with Crippen LogP contribution < -0.4 is 5.32 Å². The van der Waals surface area contributed by atoms with Gasteiger partial charge in [0.15, 0.2) is 5.78 Å². The van der Waals surface area contributed by atoms with Crippen LogP contribution in [0.2, 0.25) is 0 Å². The molecule has 0 unspecified atom stereocenters. The smallest absolute Gasteiger partial charge is 0.317 e. The SMILES string of the molecule is CN1C(=O)NCC12CN(CCCC(=O)c1ccc(C(C)(C)C)cc1)C2. The summed E-state index contributed by atoms with van der Waals surface area (Å²) < 4.78 is 0. The van der Waals surface area contributed by atoms with Gasteiger partial charge in [0.2, 0.25) is 0 Å². The molecule has 136 valence electrons. The van der Waals surface area contributed by atoms with Crippen LogP contribution in [0.15, 0.2) is 24.3 Å². The molecule has 0 atom stereocenters. The van der Waals surface area contributed by atoms with E-state index >= 15 is 0 Å². The zero-order valence-corrected chi connectivity index (χ0v) is 15.8. The topological polar surface area (TPSA) is 52.7 Å². The van der Waals surface area contributed by atoms with Crippen molar-refractivity contribution in [3.8, 4) is 0 Å². The molecule has 1 N–H and O–H groups in total. The van der Waals surface area contributed by atoms with E-state index in [1.54, 1.807) is 0 Å². The van der Waals surface area contributed by atoms with Crippen molar-refractivity contribution in [3.05, 3.63) is 35.4 Å². The Morgan fingerprint density at radius 1 is 1.20 bits per heavy atom. The van der Waals surface area contributed by atoms with Crippen LogP contribution in [0.3, 0.4) is 0 Å². The molecule has 2 fully saturated rings. The van der Waals surface area contributed by atoms with Gasteiger partial charge in [-0.05, 0) is 23.9 Å². The van der Waals surface area contributed by atoms with E-state index in [0.29, 0.717) is 6.42 Å². The molecule has 0 radical (unpaired) electrons. The monoisotopic (exact) mass is 343 g/mol. The van der Waals surface area contributed by atoms with Crippen molar-refractivity contribution in [2.75, 3.05) is 33.2 Å². The quantitative estimate of drug-likeness (QED) is 0.836. The standard InChI is InChI=1S/C20H29N3O2/c1-19(2,3)16-9-7-15(8-10-16)17(24)6-5-11-23-13-20(14-23)12-21-18(25)22(20)4/h7-10H,5-6,11-14H2,1-4H3,(H,21,25). The van der Waals surface area contributed by atoms with Crippen molar-refractivity contribution < 1.29 is 9.59 Å². The first-order valence-corrected chi connectivity index (χ1v) is 9.09. The summed E-state index contributed by atoms with van der Waals surface area (Å²) in [5.74, 6) is 0.213. The third kappa shape index (κ3) is 3.56. The van der Waals surface area contributed by atoms with Crippen LogP contribution in [0.4, 0.5) is 4.79 Å². The second-order valence-corrected chi connectivity index (χ2v) is 8.51. The number of urea groups is 1. The zero-order chi connectivity index (χ0) is 18.2. The molecular weight excluding hydrogens is 314 g/mol. The molecular formula is C20H29N3O2. The van der Waals surface area contributed by atoms with Gasteiger partial charge in [-0.15, -0.1) is 0 Å². The average molecular weight is 343 g/mol. The van der Waals surface area contributed by atoms with Gasteiger partial charge in [-0.2, -0.15) is 0 Å². The summed E-state index contributed by atoms with van der Waals surface area (Å²) in [6, 6.07) is 8.05. The highest BCUT2D eigenvalue weighted by molar-refractivity contribution is 5.96. The number of likely N-dealkylation sites (tertiary alicyclic amines) is 1. The molecule has 2 aliphatic rings. The number of ketones is 1. The number of hydrogen-bond donors (Lipinski definition) is 1. The van der Waals surface area contributed by atoms with Gasteiger partial charge in [-0.1, -0.05) is 45.0 Å². The largest absolute Gasteiger partial charge is 0.336 e. The van der Waals surface area contributed by atoms with Crippen molar-refractivity contribution in [1.82, 2.24) is 15.1 Å². The number of carbonyl (C=O) groups excluding carboxylic acids is 2. The molecule has 0 saturated carbocycles. The highest BCUT2D eigenvalue weighted by atomic mass is 16.2. The molecule has 25 heavy (non-hydrogen) atoms. The molecule has 5 nitrogen and oxygen atoms in total. The summed E-state index contributed by atoms with van der Waals surface area (Å²) in [5.41, 5.74) is 2.14. The van der Waals surface area contributed by atoms with Gasteiger partial charge < -0.3 is 10.2 Å². The molecule has 1 aromatic carbocycles. The number of amides is 2. The average Bonchev–Trinajstić information content (AvgIpc) is 2.82. The van der Waals surface area contributed by atoms with E-state index in [9.17, 15) is 9.59 Å². The minimum absolute atomic E-state index is 0.0218. The molecule has 2 amide bonds. The Hall–Kier alpha value is -1.88. The van der Waals surface area contributed by atoms with Crippen LogP contribution in [0, 0.1) is 0 Å². The highest BCUT2D eigenvalue weighted by Crippen LogP contribution is 2.30. The normalized spacial score (nSPS) is 19.8. The van der Waals surface area contributed by atoms with Crippen LogP contribution in [-0.2, 0) is 5.41 Å². The first kappa shape index (κ1) is 17.9. The predicted octanol–water partition coefficient (Wildman–Crippen LogP) is 2.66. The number of nitrogens with zero attached hydrogens (tertiary/aromatic N) is 2. The predicted molar refractivity (Wildman–Crippen MR) is 99.0 cm³/mol. The van der Waals surface area contributed by atoms with Crippen LogP contribution in [-0.4, -0.2) is 60.4 Å². The second-order valence-electron chi connectivity index (χ2n) is 8.51. The van der Waals surface area contributed by atoms with Crippen molar-refractivity contribution in [1.29, 1.82) is 0 Å². The third-order valence-corrected chi connectivity index (χ3v) is 5.57. The van der Waals surface area contributed by atoms with Crippen molar-refractivity contribution >= 4 is 11.8 Å². The lowest BCUT2D eigenvalue weighted by Gasteiger charge is -2.50.